The van der Waals surface area contributed by atoms with Crippen molar-refractivity contribution in [2.45, 2.75) is 43.5 Å². The highest BCUT2D eigenvalue weighted by Crippen LogP contribution is 2.28. The van der Waals surface area contributed by atoms with Crippen molar-refractivity contribution < 1.29 is 13.2 Å². The second-order valence-corrected chi connectivity index (χ2v) is 10.5. The first kappa shape index (κ1) is 22.6. The summed E-state index contributed by atoms with van der Waals surface area (Å²) in [5.41, 5.74) is 2.77. The first-order valence-electron chi connectivity index (χ1n) is 10.9. The van der Waals surface area contributed by atoms with Gasteiger partial charge in [-0.2, -0.15) is 4.31 Å². The normalized spacial score (nSPS) is 16.8. The van der Waals surface area contributed by atoms with Crippen LogP contribution in [0.2, 0.25) is 0 Å². The molecule has 0 aliphatic carbocycles. The van der Waals surface area contributed by atoms with Crippen molar-refractivity contribution in [3.8, 4) is 10.6 Å². The Morgan fingerprint density at radius 3 is 2.69 bits per heavy atom. The predicted octanol–water partition coefficient (Wildman–Crippen LogP) is 3.88. The molecule has 2 aromatic carbocycles. The molecule has 1 N–H and O–H groups in total. The number of rotatable bonds is 8. The predicted molar refractivity (Wildman–Crippen MR) is 127 cm³/mol. The molecule has 1 aliphatic heterocycles. The van der Waals surface area contributed by atoms with Crippen LogP contribution in [0.25, 0.3) is 10.6 Å². The molecule has 0 bridgehead atoms. The fourth-order valence-electron chi connectivity index (χ4n) is 4.03. The van der Waals surface area contributed by atoms with Crippen molar-refractivity contribution in [1.82, 2.24) is 14.6 Å². The van der Waals surface area contributed by atoms with E-state index in [-0.39, 0.29) is 5.91 Å². The first-order chi connectivity index (χ1) is 15.5. The number of amides is 1. The molecule has 1 fully saturated rings. The van der Waals surface area contributed by atoms with Crippen LogP contribution in [0.1, 0.15) is 31.0 Å². The van der Waals surface area contributed by atoms with Gasteiger partial charge in [-0.25, -0.2) is 13.4 Å². The molecule has 1 amide bonds. The maximum Gasteiger partial charge on any atom is 0.244 e. The molecule has 8 heteroatoms. The molecule has 2 heterocycles. The van der Waals surface area contributed by atoms with Crippen molar-refractivity contribution in [3.05, 3.63) is 71.2 Å². The molecular weight excluding hydrogens is 442 g/mol. The number of carbonyl (C=O) groups excluding carboxylic acids is 1. The maximum atomic E-state index is 13.3. The molecule has 6 nitrogen and oxygen atoms in total. The van der Waals surface area contributed by atoms with Crippen LogP contribution in [0.5, 0.6) is 0 Å². The van der Waals surface area contributed by atoms with E-state index in [1.165, 1.54) is 4.31 Å². The highest BCUT2D eigenvalue weighted by molar-refractivity contribution is 7.89. The fourth-order valence-corrected chi connectivity index (χ4v) is 6.84. The van der Waals surface area contributed by atoms with E-state index in [0.29, 0.717) is 43.7 Å². The molecule has 0 unspecified atom stereocenters. The molecule has 1 aromatic heterocycles. The highest BCUT2D eigenvalue weighted by Gasteiger charge is 2.39. The number of hydrogen-bond donors (Lipinski definition) is 1. The van der Waals surface area contributed by atoms with Crippen molar-refractivity contribution in [2.75, 3.05) is 13.1 Å². The molecule has 3 aromatic rings. The minimum Gasteiger partial charge on any atom is -0.354 e. The van der Waals surface area contributed by atoms with Gasteiger partial charge in [0.1, 0.15) is 11.0 Å². The summed E-state index contributed by atoms with van der Waals surface area (Å²) in [5.74, 6) is -0.237. The third-order valence-corrected chi connectivity index (χ3v) is 8.65. The summed E-state index contributed by atoms with van der Waals surface area (Å²) in [4.78, 5) is 17.8. The molecule has 0 saturated carbocycles. The SMILES string of the molecule is CCc1ccccc1S(=O)(=O)N1CCC[C@@H]1C(=O)NCCc1csc(-c2ccccc2)n1. The summed E-state index contributed by atoms with van der Waals surface area (Å²) < 4.78 is 28.0. The summed E-state index contributed by atoms with van der Waals surface area (Å²) in [6, 6.07) is 16.4. The lowest BCUT2D eigenvalue weighted by atomic mass is 10.2. The number of carbonyl (C=O) groups is 1. The third-order valence-electron chi connectivity index (χ3n) is 5.70. The van der Waals surface area contributed by atoms with Gasteiger partial charge in [0.25, 0.3) is 0 Å². The Balaban J connectivity index is 1.39. The van der Waals surface area contributed by atoms with Gasteiger partial charge in [0, 0.05) is 30.5 Å². The molecule has 4 rings (SSSR count). The molecule has 1 aliphatic rings. The van der Waals surface area contributed by atoms with Crippen molar-refractivity contribution in [1.29, 1.82) is 0 Å². The number of aryl methyl sites for hydroxylation is 1. The van der Waals surface area contributed by atoms with E-state index < -0.39 is 16.1 Å². The van der Waals surface area contributed by atoms with Gasteiger partial charge in [-0.15, -0.1) is 11.3 Å². The lowest BCUT2D eigenvalue weighted by Gasteiger charge is -2.24. The zero-order valence-corrected chi connectivity index (χ0v) is 19.7. The van der Waals surface area contributed by atoms with Gasteiger partial charge < -0.3 is 5.32 Å². The van der Waals surface area contributed by atoms with E-state index >= 15 is 0 Å². The number of thiazole rings is 1. The van der Waals surface area contributed by atoms with Gasteiger partial charge in [-0.05, 0) is 30.9 Å². The first-order valence-corrected chi connectivity index (χ1v) is 13.2. The second-order valence-electron chi connectivity index (χ2n) is 7.79. The largest absolute Gasteiger partial charge is 0.354 e. The van der Waals surface area contributed by atoms with Crippen LogP contribution in [-0.4, -0.2) is 42.7 Å². The molecule has 0 spiro atoms. The quantitative estimate of drug-likeness (QED) is 0.543. The van der Waals surface area contributed by atoms with Crippen LogP contribution in [0.3, 0.4) is 0 Å². The molecule has 168 valence electrons. The maximum absolute atomic E-state index is 13.3. The standard InChI is InChI=1S/C24H27N3O3S2/c1-2-18-9-6-7-13-22(18)32(29,30)27-16-8-12-21(27)23(28)25-15-14-20-17-31-24(26-20)19-10-4-3-5-11-19/h3-7,9-11,13,17,21H,2,8,12,14-16H2,1H3,(H,25,28)/t21-/m1/s1. The molecular formula is C24H27N3O3S2. The van der Waals surface area contributed by atoms with Crippen LogP contribution < -0.4 is 5.32 Å². The highest BCUT2D eigenvalue weighted by atomic mass is 32.2. The zero-order valence-electron chi connectivity index (χ0n) is 18.0. The molecule has 32 heavy (non-hydrogen) atoms. The summed E-state index contributed by atoms with van der Waals surface area (Å²) in [6.45, 7) is 2.72. The zero-order chi connectivity index (χ0) is 22.6. The van der Waals surface area contributed by atoms with Gasteiger partial charge >= 0.3 is 0 Å². The number of nitrogens with one attached hydrogen (secondary N) is 1. The molecule has 0 radical (unpaired) electrons. The summed E-state index contributed by atoms with van der Waals surface area (Å²) in [7, 11) is -3.72. The van der Waals surface area contributed by atoms with E-state index in [4.69, 9.17) is 0 Å². The monoisotopic (exact) mass is 469 g/mol. The van der Waals surface area contributed by atoms with Crippen LogP contribution in [-0.2, 0) is 27.7 Å². The van der Waals surface area contributed by atoms with Crippen molar-refractivity contribution in [3.63, 3.8) is 0 Å². The number of hydrogen-bond acceptors (Lipinski definition) is 5. The Bertz CT molecular complexity index is 1180. The van der Waals surface area contributed by atoms with Gasteiger partial charge in [0.2, 0.25) is 15.9 Å². The average molecular weight is 470 g/mol. The third kappa shape index (κ3) is 4.77. The Morgan fingerprint density at radius 1 is 1.16 bits per heavy atom. The smallest absolute Gasteiger partial charge is 0.244 e. The van der Waals surface area contributed by atoms with E-state index in [9.17, 15) is 13.2 Å². The fraction of sp³-hybridized carbons (Fsp3) is 0.333. The van der Waals surface area contributed by atoms with E-state index in [1.54, 1.807) is 23.5 Å². The van der Waals surface area contributed by atoms with Gasteiger partial charge in [-0.1, -0.05) is 55.5 Å². The Hall–Kier alpha value is -2.55. The summed E-state index contributed by atoms with van der Waals surface area (Å²) in [5, 5.41) is 5.88. The number of aromatic nitrogens is 1. The average Bonchev–Trinajstić information content (AvgIpc) is 3.50. The van der Waals surface area contributed by atoms with E-state index in [0.717, 1.165) is 21.8 Å². The van der Waals surface area contributed by atoms with Crippen LogP contribution in [0, 0.1) is 0 Å². The summed E-state index contributed by atoms with van der Waals surface area (Å²) in [6.07, 6.45) is 2.44. The minimum absolute atomic E-state index is 0.237. The Labute approximate surface area is 193 Å². The van der Waals surface area contributed by atoms with Crippen LogP contribution in [0.15, 0.2) is 64.9 Å². The van der Waals surface area contributed by atoms with Gasteiger partial charge in [-0.3, -0.25) is 4.79 Å². The van der Waals surface area contributed by atoms with E-state index in [1.807, 2.05) is 54.8 Å². The van der Waals surface area contributed by atoms with Crippen molar-refractivity contribution >= 4 is 27.3 Å². The number of sulfonamides is 1. The van der Waals surface area contributed by atoms with Crippen LogP contribution >= 0.6 is 11.3 Å². The lowest BCUT2D eigenvalue weighted by molar-refractivity contribution is -0.124. The number of benzene rings is 2. The van der Waals surface area contributed by atoms with E-state index in [2.05, 4.69) is 10.3 Å². The van der Waals surface area contributed by atoms with Crippen LogP contribution in [0.4, 0.5) is 0 Å². The topological polar surface area (TPSA) is 79.4 Å². The minimum atomic E-state index is -3.72. The van der Waals surface area contributed by atoms with Gasteiger partial charge in [0.05, 0.1) is 10.6 Å². The second kappa shape index (κ2) is 9.94. The Morgan fingerprint density at radius 2 is 1.91 bits per heavy atom. The van der Waals surface area contributed by atoms with Gasteiger partial charge in [0.15, 0.2) is 0 Å². The molecule has 1 atom stereocenters. The Kier molecular flexibility index (Phi) is 7.03. The molecule has 1 saturated heterocycles. The summed E-state index contributed by atoms with van der Waals surface area (Å²) >= 11 is 1.58. The number of nitrogens with zero attached hydrogens (tertiary/aromatic N) is 2. The lowest BCUT2D eigenvalue weighted by Crippen LogP contribution is -2.46. The van der Waals surface area contributed by atoms with Crippen molar-refractivity contribution in [2.24, 2.45) is 0 Å².